The molecular weight excluding hydrogens is 537 g/mol. The highest BCUT2D eigenvalue weighted by Crippen LogP contribution is 2.39. The van der Waals surface area contributed by atoms with Gasteiger partial charge in [-0.25, -0.2) is 0 Å². The number of carbonyl (C=O) groups is 1. The second kappa shape index (κ2) is 22.3. The van der Waals surface area contributed by atoms with Gasteiger partial charge in [0.05, 0.1) is 33.9 Å². The lowest BCUT2D eigenvalue weighted by Gasteiger charge is -2.30. The fourth-order valence-corrected chi connectivity index (χ4v) is 5.41. The van der Waals surface area contributed by atoms with E-state index in [9.17, 15) is 14.3 Å². The van der Waals surface area contributed by atoms with Crippen LogP contribution < -0.4 is 9.63 Å². The number of Topliss-reactive ketones (excluding diaryl/α,β-unsaturated/α-hetero) is 1. The number of phosphoric ester groups is 1. The van der Waals surface area contributed by atoms with Crippen LogP contribution in [0.15, 0.2) is 24.3 Å². The Hall–Kier alpha value is -1.24. The molecule has 0 spiro atoms. The van der Waals surface area contributed by atoms with Crippen molar-refractivity contribution >= 4 is 13.6 Å². The fourth-order valence-electron chi connectivity index (χ4n) is 4.64. The summed E-state index contributed by atoms with van der Waals surface area (Å²) in [4.78, 5) is 24.5. The number of ketones is 1. The Balaban J connectivity index is 2.34. The van der Waals surface area contributed by atoms with Crippen molar-refractivity contribution in [3.8, 4) is 5.75 Å². The normalized spacial score (nSPS) is 14.1. The van der Waals surface area contributed by atoms with E-state index >= 15 is 0 Å². The Morgan fingerprint density at radius 1 is 0.829 bits per heavy atom. The van der Waals surface area contributed by atoms with Crippen molar-refractivity contribution in [2.45, 2.75) is 117 Å². The smallest absolute Gasteiger partial charge is 0.268 e. The van der Waals surface area contributed by atoms with Gasteiger partial charge in [-0.1, -0.05) is 96.6 Å². The zero-order valence-corrected chi connectivity index (χ0v) is 27.8. The molecule has 0 fully saturated rings. The lowest BCUT2D eigenvalue weighted by atomic mass is 9.94. The van der Waals surface area contributed by atoms with Gasteiger partial charge in [0.25, 0.3) is 7.82 Å². The number of carbonyl (C=O) groups excluding carboxylic acids is 1. The van der Waals surface area contributed by atoms with E-state index in [1.54, 1.807) is 0 Å². The second-order valence-corrected chi connectivity index (χ2v) is 13.5. The number of quaternary nitrogens is 1. The first-order chi connectivity index (χ1) is 19.6. The molecule has 1 aromatic carbocycles. The summed E-state index contributed by atoms with van der Waals surface area (Å²) < 4.78 is 29.2. The van der Waals surface area contributed by atoms with Crippen LogP contribution in [0.3, 0.4) is 0 Å². The van der Waals surface area contributed by atoms with Crippen molar-refractivity contribution in [1.82, 2.24) is 0 Å². The van der Waals surface area contributed by atoms with Crippen molar-refractivity contribution < 1.29 is 32.5 Å². The molecule has 0 amide bonds. The average molecular weight is 598 g/mol. The number of ether oxygens (including phenoxy) is 1. The number of nitrogens with zero attached hydrogens (tertiary/aromatic N) is 1. The summed E-state index contributed by atoms with van der Waals surface area (Å²) in [6.45, 7) is 8.28. The number of hydrogen-bond donors (Lipinski definition) is 0. The molecule has 1 aromatic rings. The Morgan fingerprint density at radius 2 is 1.39 bits per heavy atom. The topological polar surface area (TPSA) is 84.9 Å². The third-order valence-corrected chi connectivity index (χ3v) is 8.86. The molecule has 8 heteroatoms. The van der Waals surface area contributed by atoms with Gasteiger partial charge in [-0.05, 0) is 43.4 Å². The predicted molar refractivity (Wildman–Crippen MR) is 167 cm³/mol. The van der Waals surface area contributed by atoms with Crippen LogP contribution in [-0.2, 0) is 24.8 Å². The van der Waals surface area contributed by atoms with Crippen molar-refractivity contribution in [2.75, 3.05) is 47.0 Å². The lowest BCUT2D eigenvalue weighted by Crippen LogP contribution is -2.41. The minimum absolute atomic E-state index is 0.0703. The molecule has 2 atom stereocenters. The molecule has 0 heterocycles. The number of likely N-dealkylation sites (N-methyl/N-ethyl adjacent to an activating group) is 1. The Morgan fingerprint density at radius 3 is 1.93 bits per heavy atom. The number of hydrogen-bond acceptors (Lipinski definition) is 6. The Bertz CT molecular complexity index is 845. The largest absolute Gasteiger partial charge is 0.756 e. The Labute approximate surface area is 251 Å². The summed E-state index contributed by atoms with van der Waals surface area (Å²) in [5, 5.41) is 0. The lowest BCUT2D eigenvalue weighted by molar-refractivity contribution is -0.888. The van der Waals surface area contributed by atoms with Gasteiger partial charge in [0.15, 0.2) is 0 Å². The molecule has 238 valence electrons. The van der Waals surface area contributed by atoms with Crippen LogP contribution in [0.4, 0.5) is 0 Å². The summed E-state index contributed by atoms with van der Waals surface area (Å²) >= 11 is 0. The summed E-state index contributed by atoms with van der Waals surface area (Å²) in [5.41, 5.74) is 1.02. The van der Waals surface area contributed by atoms with Crippen LogP contribution in [-0.4, -0.2) is 57.3 Å². The number of rotatable bonds is 27. The van der Waals surface area contributed by atoms with E-state index in [0.29, 0.717) is 30.5 Å². The SMILES string of the molecule is CCCCCCCCCCCCCCOc1ccc(CC(COP(=O)([O-])OCC[N+](C)(C)CC)CC(=O)CC)cc1. The highest BCUT2D eigenvalue weighted by Gasteiger charge is 2.20. The number of phosphoric acid groups is 1. The third-order valence-electron chi connectivity index (χ3n) is 7.90. The maximum absolute atomic E-state index is 12.3. The standard InChI is InChI=1S/C33H60NO6P/c1-6-9-10-11-12-13-14-15-16-17-18-19-25-38-33-22-20-30(21-23-33)27-31(28-32(35)7-2)29-40-41(36,37)39-26-24-34(4,5)8-3/h20-23,31H,6-19,24-29H2,1-5H3. The van der Waals surface area contributed by atoms with Gasteiger partial charge >= 0.3 is 0 Å². The highest BCUT2D eigenvalue weighted by molar-refractivity contribution is 7.45. The fraction of sp³-hybridized carbons (Fsp3) is 0.788. The van der Waals surface area contributed by atoms with E-state index in [-0.39, 0.29) is 31.3 Å². The van der Waals surface area contributed by atoms with E-state index in [4.69, 9.17) is 13.8 Å². The molecule has 0 saturated carbocycles. The molecular formula is C33H60NO6P. The Kier molecular flexibility index (Phi) is 20.6. The molecule has 0 bridgehead atoms. The summed E-state index contributed by atoms with van der Waals surface area (Å²) in [6, 6.07) is 7.87. The van der Waals surface area contributed by atoms with Gasteiger partial charge in [-0.3, -0.25) is 9.36 Å². The van der Waals surface area contributed by atoms with E-state index in [1.807, 2.05) is 52.2 Å². The van der Waals surface area contributed by atoms with E-state index in [0.717, 1.165) is 24.3 Å². The first-order valence-electron chi connectivity index (χ1n) is 16.3. The van der Waals surface area contributed by atoms with Gasteiger partial charge in [-0.2, -0.15) is 0 Å². The maximum atomic E-state index is 12.3. The molecule has 1 rings (SSSR count). The molecule has 0 aromatic heterocycles. The third kappa shape index (κ3) is 20.3. The van der Waals surface area contributed by atoms with Crippen molar-refractivity contribution in [1.29, 1.82) is 0 Å². The van der Waals surface area contributed by atoms with Crippen molar-refractivity contribution in [3.05, 3.63) is 29.8 Å². The van der Waals surface area contributed by atoms with Crippen LogP contribution in [0.25, 0.3) is 0 Å². The molecule has 0 aliphatic carbocycles. The first kappa shape index (κ1) is 37.8. The number of unbranched alkanes of at least 4 members (excludes halogenated alkanes) is 11. The first-order valence-corrected chi connectivity index (χ1v) is 17.7. The summed E-state index contributed by atoms with van der Waals surface area (Å²) in [6.07, 6.45) is 17.1. The van der Waals surface area contributed by atoms with Gasteiger partial charge in [0.1, 0.15) is 24.7 Å². The van der Waals surface area contributed by atoms with Gasteiger partial charge < -0.3 is 23.2 Å². The van der Waals surface area contributed by atoms with Crippen LogP contribution in [0.1, 0.15) is 116 Å². The summed E-state index contributed by atoms with van der Waals surface area (Å²) in [7, 11) is -0.401. The molecule has 0 radical (unpaired) electrons. The minimum Gasteiger partial charge on any atom is -0.756 e. The van der Waals surface area contributed by atoms with E-state index < -0.39 is 7.82 Å². The van der Waals surface area contributed by atoms with Crippen LogP contribution in [0, 0.1) is 5.92 Å². The predicted octanol–water partition coefficient (Wildman–Crippen LogP) is 7.89. The molecule has 7 nitrogen and oxygen atoms in total. The summed E-state index contributed by atoms with van der Waals surface area (Å²) in [5.74, 6) is 0.675. The number of benzene rings is 1. The van der Waals surface area contributed by atoms with E-state index in [1.165, 1.54) is 70.6 Å². The molecule has 0 aliphatic heterocycles. The molecule has 0 aliphatic rings. The van der Waals surface area contributed by atoms with Crippen molar-refractivity contribution in [3.63, 3.8) is 0 Å². The maximum Gasteiger partial charge on any atom is 0.268 e. The van der Waals surface area contributed by atoms with Crippen LogP contribution >= 0.6 is 7.82 Å². The van der Waals surface area contributed by atoms with Gasteiger partial charge in [0.2, 0.25) is 0 Å². The molecule has 0 saturated heterocycles. The van der Waals surface area contributed by atoms with Gasteiger partial charge in [0, 0.05) is 12.8 Å². The molecule has 2 unspecified atom stereocenters. The van der Waals surface area contributed by atoms with E-state index in [2.05, 4.69) is 6.92 Å². The second-order valence-electron chi connectivity index (χ2n) is 12.1. The van der Waals surface area contributed by atoms with Gasteiger partial charge in [-0.15, -0.1) is 0 Å². The highest BCUT2D eigenvalue weighted by atomic mass is 31.2. The zero-order chi connectivity index (χ0) is 30.4. The molecule has 41 heavy (non-hydrogen) atoms. The monoisotopic (exact) mass is 597 g/mol. The molecule has 0 N–H and O–H groups in total. The van der Waals surface area contributed by atoms with Crippen molar-refractivity contribution in [2.24, 2.45) is 5.92 Å². The zero-order valence-electron chi connectivity index (χ0n) is 26.9. The average Bonchev–Trinajstić information content (AvgIpc) is 2.94. The quantitative estimate of drug-likeness (QED) is 0.0582. The van der Waals surface area contributed by atoms with Crippen LogP contribution in [0.2, 0.25) is 0 Å². The van der Waals surface area contributed by atoms with Crippen LogP contribution in [0.5, 0.6) is 5.75 Å². The minimum atomic E-state index is -4.43.